The highest BCUT2D eigenvalue weighted by Gasteiger charge is 2.07. The Labute approximate surface area is 116 Å². The molecule has 2 aromatic rings. The fraction of sp³-hybridized carbons (Fsp3) is 0.143. The Morgan fingerprint density at radius 2 is 1.89 bits per heavy atom. The summed E-state index contributed by atoms with van der Waals surface area (Å²) >= 11 is 12.0. The SMILES string of the molecule is CC(O)c1ccc(Oc2cccc(Cl)c2)c(Cl)c1. The van der Waals surface area contributed by atoms with E-state index in [1.54, 1.807) is 49.4 Å². The van der Waals surface area contributed by atoms with Gasteiger partial charge in [0.05, 0.1) is 11.1 Å². The second kappa shape index (κ2) is 5.61. The first kappa shape index (κ1) is 13.2. The average molecular weight is 283 g/mol. The van der Waals surface area contributed by atoms with Crippen LogP contribution in [0.25, 0.3) is 0 Å². The molecule has 2 rings (SSSR count). The van der Waals surface area contributed by atoms with Crippen LogP contribution in [0.15, 0.2) is 42.5 Å². The van der Waals surface area contributed by atoms with Crippen LogP contribution in [0.2, 0.25) is 10.0 Å². The second-order valence-electron chi connectivity index (χ2n) is 3.93. The van der Waals surface area contributed by atoms with Crippen molar-refractivity contribution in [3.8, 4) is 11.5 Å². The molecule has 1 atom stereocenters. The van der Waals surface area contributed by atoms with Crippen molar-refractivity contribution in [2.24, 2.45) is 0 Å². The highest BCUT2D eigenvalue weighted by molar-refractivity contribution is 6.32. The predicted octanol–water partition coefficient (Wildman–Crippen LogP) is 4.84. The summed E-state index contributed by atoms with van der Waals surface area (Å²) in [5, 5.41) is 10.5. The van der Waals surface area contributed by atoms with Crippen LogP contribution in [0.1, 0.15) is 18.6 Å². The maximum absolute atomic E-state index is 9.45. The van der Waals surface area contributed by atoms with Crippen molar-refractivity contribution in [3.63, 3.8) is 0 Å². The highest BCUT2D eigenvalue weighted by atomic mass is 35.5. The van der Waals surface area contributed by atoms with Gasteiger partial charge in [-0.05, 0) is 42.8 Å². The van der Waals surface area contributed by atoms with Crippen molar-refractivity contribution >= 4 is 23.2 Å². The van der Waals surface area contributed by atoms with E-state index in [1.807, 2.05) is 0 Å². The summed E-state index contributed by atoms with van der Waals surface area (Å²) in [5.41, 5.74) is 0.749. The molecule has 0 amide bonds. The smallest absolute Gasteiger partial charge is 0.146 e. The minimum absolute atomic E-state index is 0.452. The van der Waals surface area contributed by atoms with E-state index in [-0.39, 0.29) is 0 Å². The Morgan fingerprint density at radius 1 is 1.11 bits per heavy atom. The molecular formula is C14H12Cl2O2. The Hall–Kier alpha value is -1.22. The maximum atomic E-state index is 9.45. The van der Waals surface area contributed by atoms with Crippen molar-refractivity contribution in [3.05, 3.63) is 58.1 Å². The molecule has 2 aromatic carbocycles. The molecule has 2 nitrogen and oxygen atoms in total. The van der Waals surface area contributed by atoms with Gasteiger partial charge in [-0.15, -0.1) is 0 Å². The second-order valence-corrected chi connectivity index (χ2v) is 4.77. The van der Waals surface area contributed by atoms with Crippen molar-refractivity contribution in [2.75, 3.05) is 0 Å². The minimum Gasteiger partial charge on any atom is -0.456 e. The van der Waals surface area contributed by atoms with E-state index < -0.39 is 6.10 Å². The third kappa shape index (κ3) is 3.16. The van der Waals surface area contributed by atoms with E-state index >= 15 is 0 Å². The Bertz CT molecular complexity index is 553. The van der Waals surface area contributed by atoms with Gasteiger partial charge in [-0.2, -0.15) is 0 Å². The van der Waals surface area contributed by atoms with E-state index in [9.17, 15) is 5.11 Å². The molecule has 0 aliphatic carbocycles. The molecule has 0 radical (unpaired) electrons. The fourth-order valence-corrected chi connectivity index (χ4v) is 1.93. The normalized spacial score (nSPS) is 12.2. The van der Waals surface area contributed by atoms with Crippen molar-refractivity contribution in [1.29, 1.82) is 0 Å². The monoisotopic (exact) mass is 282 g/mol. The summed E-state index contributed by atoms with van der Waals surface area (Å²) < 4.78 is 5.63. The lowest BCUT2D eigenvalue weighted by Gasteiger charge is -2.10. The topological polar surface area (TPSA) is 29.5 Å². The highest BCUT2D eigenvalue weighted by Crippen LogP contribution is 2.32. The number of rotatable bonds is 3. The van der Waals surface area contributed by atoms with Gasteiger partial charge in [0.2, 0.25) is 0 Å². The fourth-order valence-electron chi connectivity index (χ4n) is 1.52. The van der Waals surface area contributed by atoms with Crippen LogP contribution in [0.3, 0.4) is 0 Å². The first-order valence-electron chi connectivity index (χ1n) is 5.47. The van der Waals surface area contributed by atoms with Gasteiger partial charge in [0.25, 0.3) is 0 Å². The third-order valence-corrected chi connectivity index (χ3v) is 2.99. The first-order valence-corrected chi connectivity index (χ1v) is 6.23. The molecule has 0 heterocycles. The molecule has 0 saturated heterocycles. The van der Waals surface area contributed by atoms with Gasteiger partial charge >= 0.3 is 0 Å². The van der Waals surface area contributed by atoms with Gasteiger partial charge in [-0.1, -0.05) is 35.3 Å². The molecular weight excluding hydrogens is 271 g/mol. The van der Waals surface area contributed by atoms with Gasteiger partial charge in [-0.25, -0.2) is 0 Å². The summed E-state index contributed by atoms with van der Waals surface area (Å²) in [6.45, 7) is 1.68. The van der Waals surface area contributed by atoms with Crippen molar-refractivity contribution in [1.82, 2.24) is 0 Å². The van der Waals surface area contributed by atoms with Crippen LogP contribution < -0.4 is 4.74 Å². The summed E-state index contributed by atoms with van der Waals surface area (Å²) in [7, 11) is 0. The molecule has 1 unspecified atom stereocenters. The molecule has 0 fully saturated rings. The standard InChI is InChI=1S/C14H12Cl2O2/c1-9(17)10-5-6-14(13(16)7-10)18-12-4-2-3-11(15)8-12/h2-9,17H,1H3. The number of aliphatic hydroxyl groups is 1. The number of benzene rings is 2. The lowest BCUT2D eigenvalue weighted by Crippen LogP contribution is -1.92. The molecule has 18 heavy (non-hydrogen) atoms. The Morgan fingerprint density at radius 3 is 2.50 bits per heavy atom. The van der Waals surface area contributed by atoms with Crippen LogP contribution >= 0.6 is 23.2 Å². The van der Waals surface area contributed by atoms with Crippen LogP contribution in [0.4, 0.5) is 0 Å². The molecule has 0 aliphatic rings. The number of hydrogen-bond acceptors (Lipinski definition) is 2. The van der Waals surface area contributed by atoms with Crippen LogP contribution in [0.5, 0.6) is 11.5 Å². The lowest BCUT2D eigenvalue weighted by molar-refractivity contribution is 0.199. The zero-order valence-electron chi connectivity index (χ0n) is 9.73. The predicted molar refractivity (Wildman–Crippen MR) is 73.6 cm³/mol. The number of ether oxygens (including phenoxy) is 1. The first-order chi connectivity index (χ1) is 8.56. The van der Waals surface area contributed by atoms with Gasteiger partial charge in [-0.3, -0.25) is 0 Å². The van der Waals surface area contributed by atoms with E-state index in [2.05, 4.69) is 0 Å². The third-order valence-electron chi connectivity index (χ3n) is 2.46. The lowest BCUT2D eigenvalue weighted by atomic mass is 10.1. The van der Waals surface area contributed by atoms with Crippen molar-refractivity contribution in [2.45, 2.75) is 13.0 Å². The molecule has 4 heteroatoms. The summed E-state index contributed by atoms with van der Waals surface area (Å²) in [4.78, 5) is 0. The number of aliphatic hydroxyl groups excluding tert-OH is 1. The average Bonchev–Trinajstić information content (AvgIpc) is 2.31. The molecule has 0 aliphatic heterocycles. The summed E-state index contributed by atoms with van der Waals surface area (Å²) in [5.74, 6) is 1.15. The summed E-state index contributed by atoms with van der Waals surface area (Å²) in [6, 6.07) is 12.3. The quantitative estimate of drug-likeness (QED) is 0.873. The molecule has 0 saturated carbocycles. The van der Waals surface area contributed by atoms with E-state index in [0.717, 1.165) is 5.56 Å². The molecule has 0 aromatic heterocycles. The van der Waals surface area contributed by atoms with Gasteiger partial charge < -0.3 is 9.84 Å². The summed E-state index contributed by atoms with van der Waals surface area (Å²) in [6.07, 6.45) is -0.553. The number of halogens is 2. The van der Waals surface area contributed by atoms with Gasteiger partial charge in [0, 0.05) is 5.02 Å². The minimum atomic E-state index is -0.553. The largest absolute Gasteiger partial charge is 0.456 e. The van der Waals surface area contributed by atoms with Crippen molar-refractivity contribution < 1.29 is 9.84 Å². The molecule has 0 bridgehead atoms. The Balaban J connectivity index is 2.24. The van der Waals surface area contributed by atoms with Crippen LogP contribution in [-0.4, -0.2) is 5.11 Å². The zero-order chi connectivity index (χ0) is 13.1. The molecule has 1 N–H and O–H groups in total. The van der Waals surface area contributed by atoms with Gasteiger partial charge in [0.1, 0.15) is 11.5 Å². The Kier molecular flexibility index (Phi) is 4.12. The maximum Gasteiger partial charge on any atom is 0.146 e. The van der Waals surface area contributed by atoms with E-state index in [1.165, 1.54) is 0 Å². The van der Waals surface area contributed by atoms with Crippen LogP contribution in [0, 0.1) is 0 Å². The number of hydrogen-bond donors (Lipinski definition) is 1. The van der Waals surface area contributed by atoms with Crippen LogP contribution in [-0.2, 0) is 0 Å². The molecule has 0 spiro atoms. The van der Waals surface area contributed by atoms with E-state index in [0.29, 0.717) is 21.5 Å². The molecule has 94 valence electrons. The zero-order valence-corrected chi connectivity index (χ0v) is 11.2. The van der Waals surface area contributed by atoms with Gasteiger partial charge in [0.15, 0.2) is 0 Å². The van der Waals surface area contributed by atoms with E-state index in [4.69, 9.17) is 27.9 Å².